The van der Waals surface area contributed by atoms with Crippen molar-refractivity contribution >= 4 is 17.7 Å². The van der Waals surface area contributed by atoms with Crippen LogP contribution in [0.3, 0.4) is 0 Å². The predicted octanol–water partition coefficient (Wildman–Crippen LogP) is 2.02. The number of carboxylic acid groups (broad SMARTS) is 1. The van der Waals surface area contributed by atoms with E-state index < -0.39 is 5.97 Å². The molecule has 0 saturated carbocycles. The summed E-state index contributed by atoms with van der Waals surface area (Å²) in [6, 6.07) is 5.41. The van der Waals surface area contributed by atoms with Gasteiger partial charge < -0.3 is 10.0 Å². The van der Waals surface area contributed by atoms with Gasteiger partial charge in [0.25, 0.3) is 0 Å². The van der Waals surface area contributed by atoms with Crippen molar-refractivity contribution in [1.82, 2.24) is 4.90 Å². The van der Waals surface area contributed by atoms with Gasteiger partial charge in [0.2, 0.25) is 0 Å². The molecule has 1 aromatic carbocycles. The van der Waals surface area contributed by atoms with E-state index in [1.54, 1.807) is 16.8 Å². The van der Waals surface area contributed by atoms with E-state index in [4.69, 9.17) is 5.11 Å². The Balaban J connectivity index is 2.37. The van der Waals surface area contributed by atoms with Crippen LogP contribution in [0.25, 0.3) is 0 Å². The molecular formula is C14H18N2O3. The number of carboxylic acids is 1. The van der Waals surface area contributed by atoms with Crippen molar-refractivity contribution in [2.45, 2.75) is 26.3 Å². The van der Waals surface area contributed by atoms with Crippen LogP contribution in [0.5, 0.6) is 0 Å². The van der Waals surface area contributed by atoms with Crippen LogP contribution >= 0.6 is 0 Å². The van der Waals surface area contributed by atoms with Crippen molar-refractivity contribution in [2.75, 3.05) is 18.5 Å². The fourth-order valence-corrected chi connectivity index (χ4v) is 2.58. The Labute approximate surface area is 112 Å². The third kappa shape index (κ3) is 2.70. The van der Waals surface area contributed by atoms with Crippen LogP contribution in [-0.4, -0.2) is 41.6 Å². The lowest BCUT2D eigenvalue weighted by Gasteiger charge is -2.23. The number of likely N-dealkylation sites (N-methyl/N-ethyl adjacent to an activating group) is 1. The first kappa shape index (κ1) is 13.4. The monoisotopic (exact) mass is 262 g/mol. The molecule has 0 aromatic heterocycles. The van der Waals surface area contributed by atoms with E-state index >= 15 is 0 Å². The quantitative estimate of drug-likeness (QED) is 0.906. The zero-order valence-corrected chi connectivity index (χ0v) is 11.4. The third-order valence-electron chi connectivity index (χ3n) is 3.28. The van der Waals surface area contributed by atoms with Gasteiger partial charge in [-0.05, 0) is 37.1 Å². The molecule has 5 heteroatoms. The second-order valence-corrected chi connectivity index (χ2v) is 5.13. The number of nitrogens with zero attached hydrogens (tertiary/aromatic N) is 2. The Kier molecular flexibility index (Phi) is 3.46. The lowest BCUT2D eigenvalue weighted by Crippen LogP contribution is -2.35. The van der Waals surface area contributed by atoms with Gasteiger partial charge in [-0.25, -0.2) is 4.79 Å². The number of aliphatic carboxylic acids is 1. The highest BCUT2D eigenvalue weighted by Gasteiger charge is 2.37. The number of hydrogen-bond acceptors (Lipinski definition) is 2. The summed E-state index contributed by atoms with van der Waals surface area (Å²) in [5, 5.41) is 8.96. The zero-order valence-electron chi connectivity index (χ0n) is 11.4. The molecule has 1 saturated heterocycles. The molecule has 2 rings (SSSR count). The first-order valence-electron chi connectivity index (χ1n) is 6.23. The topological polar surface area (TPSA) is 60.9 Å². The van der Waals surface area contributed by atoms with E-state index in [1.807, 2.05) is 32.0 Å². The summed E-state index contributed by atoms with van der Waals surface area (Å²) in [6.45, 7) is 4.37. The summed E-state index contributed by atoms with van der Waals surface area (Å²) >= 11 is 0. The molecule has 0 radical (unpaired) electrons. The molecule has 1 unspecified atom stereocenters. The minimum Gasteiger partial charge on any atom is -0.481 e. The average Bonchev–Trinajstić information content (AvgIpc) is 2.52. The number of benzene rings is 1. The highest BCUT2D eigenvalue weighted by molar-refractivity contribution is 5.95. The Morgan fingerprint density at radius 3 is 2.42 bits per heavy atom. The molecule has 1 atom stereocenters. The minimum absolute atomic E-state index is 0.0386. The van der Waals surface area contributed by atoms with Crippen molar-refractivity contribution in [1.29, 1.82) is 0 Å². The van der Waals surface area contributed by atoms with Gasteiger partial charge in [0, 0.05) is 19.3 Å². The smallest absolute Gasteiger partial charge is 0.324 e. The van der Waals surface area contributed by atoms with Crippen LogP contribution in [0.2, 0.25) is 0 Å². The van der Waals surface area contributed by atoms with Gasteiger partial charge in [-0.1, -0.05) is 6.07 Å². The van der Waals surface area contributed by atoms with Crippen LogP contribution in [0, 0.1) is 13.8 Å². The van der Waals surface area contributed by atoms with E-state index in [0.717, 1.165) is 16.8 Å². The number of urea groups is 1. The number of carbonyl (C=O) groups excluding carboxylic acids is 1. The van der Waals surface area contributed by atoms with Gasteiger partial charge >= 0.3 is 12.0 Å². The fraction of sp³-hybridized carbons (Fsp3) is 0.429. The lowest BCUT2D eigenvalue weighted by atomic mass is 10.1. The molecule has 1 aromatic rings. The Hall–Kier alpha value is -2.04. The summed E-state index contributed by atoms with van der Waals surface area (Å²) in [5.41, 5.74) is 2.90. The zero-order chi connectivity index (χ0) is 14.2. The molecule has 19 heavy (non-hydrogen) atoms. The molecule has 1 aliphatic rings. The predicted molar refractivity (Wildman–Crippen MR) is 72.5 cm³/mol. The summed E-state index contributed by atoms with van der Waals surface area (Å²) in [4.78, 5) is 26.3. The van der Waals surface area contributed by atoms with Crippen LogP contribution < -0.4 is 4.90 Å². The summed E-state index contributed by atoms with van der Waals surface area (Å²) in [5.74, 6) is -0.887. The van der Waals surface area contributed by atoms with E-state index in [1.165, 1.54) is 0 Å². The third-order valence-corrected chi connectivity index (χ3v) is 3.28. The van der Waals surface area contributed by atoms with Gasteiger partial charge in [-0.15, -0.1) is 0 Å². The van der Waals surface area contributed by atoms with Gasteiger partial charge in [0.05, 0.1) is 12.5 Å². The van der Waals surface area contributed by atoms with Crippen LogP contribution in [0.4, 0.5) is 10.5 Å². The second kappa shape index (κ2) is 4.91. The molecule has 1 heterocycles. The molecule has 0 aliphatic carbocycles. The molecule has 1 fully saturated rings. The maximum atomic E-state index is 12.2. The molecule has 1 aliphatic heterocycles. The van der Waals surface area contributed by atoms with E-state index in [0.29, 0.717) is 6.54 Å². The molecule has 1 N–H and O–H groups in total. The lowest BCUT2D eigenvalue weighted by molar-refractivity contribution is -0.137. The largest absolute Gasteiger partial charge is 0.481 e. The second-order valence-electron chi connectivity index (χ2n) is 5.13. The highest BCUT2D eigenvalue weighted by Crippen LogP contribution is 2.27. The molecular weight excluding hydrogens is 244 g/mol. The minimum atomic E-state index is -0.887. The van der Waals surface area contributed by atoms with Crippen molar-refractivity contribution in [3.63, 3.8) is 0 Å². The van der Waals surface area contributed by atoms with Crippen LogP contribution in [0.15, 0.2) is 18.2 Å². The number of anilines is 1. The number of carbonyl (C=O) groups is 2. The maximum absolute atomic E-state index is 12.2. The molecule has 0 spiro atoms. The van der Waals surface area contributed by atoms with Crippen molar-refractivity contribution in [3.05, 3.63) is 29.3 Å². The fourth-order valence-electron chi connectivity index (χ4n) is 2.58. The van der Waals surface area contributed by atoms with Crippen molar-refractivity contribution in [3.8, 4) is 0 Å². The maximum Gasteiger partial charge on any atom is 0.324 e. The first-order chi connectivity index (χ1) is 8.88. The Bertz CT molecular complexity index is 507. The first-order valence-corrected chi connectivity index (χ1v) is 6.23. The Morgan fingerprint density at radius 1 is 1.32 bits per heavy atom. The molecule has 2 amide bonds. The van der Waals surface area contributed by atoms with Crippen LogP contribution in [0.1, 0.15) is 17.5 Å². The van der Waals surface area contributed by atoms with Crippen LogP contribution in [-0.2, 0) is 4.79 Å². The number of amides is 2. The van der Waals surface area contributed by atoms with Gasteiger partial charge in [0.15, 0.2) is 0 Å². The SMILES string of the molecule is Cc1cc(C)cc(N2C(=O)N(C)CC2CC(=O)O)c1. The van der Waals surface area contributed by atoms with Gasteiger partial charge in [-0.2, -0.15) is 0 Å². The Morgan fingerprint density at radius 2 is 1.89 bits per heavy atom. The van der Waals surface area contributed by atoms with Gasteiger partial charge in [-0.3, -0.25) is 9.69 Å². The van der Waals surface area contributed by atoms with Gasteiger partial charge in [0.1, 0.15) is 0 Å². The average molecular weight is 262 g/mol. The summed E-state index contributed by atoms with van der Waals surface area (Å²) in [7, 11) is 1.69. The van der Waals surface area contributed by atoms with Crippen molar-refractivity contribution < 1.29 is 14.7 Å². The number of aryl methyl sites for hydroxylation is 2. The van der Waals surface area contributed by atoms with Crippen molar-refractivity contribution in [2.24, 2.45) is 0 Å². The normalized spacial score (nSPS) is 19.1. The highest BCUT2D eigenvalue weighted by atomic mass is 16.4. The number of hydrogen-bond donors (Lipinski definition) is 1. The van der Waals surface area contributed by atoms with E-state index in [-0.39, 0.29) is 18.5 Å². The summed E-state index contributed by atoms with van der Waals surface area (Å²) < 4.78 is 0. The standard InChI is InChI=1S/C14H18N2O3/c1-9-4-10(2)6-11(5-9)16-12(7-13(17)18)8-15(3)14(16)19/h4-6,12H,7-8H2,1-3H3,(H,17,18). The molecule has 5 nitrogen and oxygen atoms in total. The summed E-state index contributed by atoms with van der Waals surface area (Å²) in [6.07, 6.45) is -0.0386. The van der Waals surface area contributed by atoms with E-state index in [9.17, 15) is 9.59 Å². The molecule has 0 bridgehead atoms. The molecule has 102 valence electrons. The number of rotatable bonds is 3. The van der Waals surface area contributed by atoms with E-state index in [2.05, 4.69) is 0 Å².